The zero-order valence-corrected chi connectivity index (χ0v) is 11.0. The number of carbonyl (C=O) groups is 1. The Bertz CT molecular complexity index is 572. The third kappa shape index (κ3) is 3.31. The van der Waals surface area contributed by atoms with Crippen molar-refractivity contribution in [3.8, 4) is 0 Å². The number of nitrogens with one attached hydrogen (secondary N) is 2. The van der Waals surface area contributed by atoms with Gasteiger partial charge in [0, 0.05) is 19.5 Å². The molecule has 0 fully saturated rings. The van der Waals surface area contributed by atoms with Gasteiger partial charge in [-0.3, -0.25) is 4.79 Å². The number of hydrogen-bond acceptors (Lipinski definition) is 5. The number of benzene rings is 1. The Morgan fingerprint density at radius 1 is 1.45 bits per heavy atom. The van der Waals surface area contributed by atoms with Crippen molar-refractivity contribution in [3.05, 3.63) is 41.8 Å². The van der Waals surface area contributed by atoms with Gasteiger partial charge in [-0.15, -0.1) is 0 Å². The van der Waals surface area contributed by atoms with Crippen molar-refractivity contribution < 1.29 is 13.7 Å². The summed E-state index contributed by atoms with van der Waals surface area (Å²) in [6.07, 6.45) is 1.68. The normalized spacial score (nSPS) is 10.3. The molecule has 0 saturated heterocycles. The average molecular weight is 278 g/mol. The number of para-hydroxylation sites is 1. The Morgan fingerprint density at radius 3 is 3.00 bits per heavy atom. The summed E-state index contributed by atoms with van der Waals surface area (Å²) >= 11 is 0. The number of halogens is 1. The van der Waals surface area contributed by atoms with Gasteiger partial charge in [-0.05, 0) is 19.1 Å². The summed E-state index contributed by atoms with van der Waals surface area (Å²) in [5.74, 6) is -0.280. The third-order valence-electron chi connectivity index (χ3n) is 2.65. The number of carbonyl (C=O) groups excluding carboxylic acids is 1. The van der Waals surface area contributed by atoms with Crippen LogP contribution in [0.1, 0.15) is 23.1 Å². The van der Waals surface area contributed by atoms with E-state index < -0.39 is 5.82 Å². The van der Waals surface area contributed by atoms with Gasteiger partial charge in [0.1, 0.15) is 5.82 Å². The fourth-order valence-electron chi connectivity index (χ4n) is 1.76. The van der Waals surface area contributed by atoms with Crippen LogP contribution < -0.4 is 10.6 Å². The molecule has 106 valence electrons. The molecule has 1 heterocycles. The van der Waals surface area contributed by atoms with Crippen molar-refractivity contribution in [2.75, 3.05) is 18.4 Å². The maximum absolute atomic E-state index is 13.7. The molecule has 1 amide bonds. The fraction of sp³-hybridized carbons (Fsp3) is 0.308. The molecular formula is C13H15FN4O2. The van der Waals surface area contributed by atoms with E-state index in [-0.39, 0.29) is 17.2 Å². The predicted molar refractivity (Wildman–Crippen MR) is 70.9 cm³/mol. The second-order valence-electron chi connectivity index (χ2n) is 4.05. The number of amides is 1. The van der Waals surface area contributed by atoms with Crippen LogP contribution in [0.2, 0.25) is 0 Å². The van der Waals surface area contributed by atoms with Crippen LogP contribution in [0.5, 0.6) is 0 Å². The molecule has 20 heavy (non-hydrogen) atoms. The van der Waals surface area contributed by atoms with Crippen molar-refractivity contribution in [2.24, 2.45) is 0 Å². The predicted octanol–water partition coefficient (Wildman–Crippen LogP) is 1.61. The topological polar surface area (TPSA) is 80.0 Å². The van der Waals surface area contributed by atoms with E-state index in [4.69, 9.17) is 0 Å². The van der Waals surface area contributed by atoms with Gasteiger partial charge in [0.25, 0.3) is 5.91 Å². The average Bonchev–Trinajstić information content (AvgIpc) is 2.94. The standard InChI is InChI=1S/C13H15FN4O2/c1-2-15-12-9(4-3-5-10(12)14)13(19)16-7-6-11-17-8-20-18-11/h3-5,8,15H,2,6-7H2,1H3,(H,16,19). The van der Waals surface area contributed by atoms with Crippen molar-refractivity contribution in [2.45, 2.75) is 13.3 Å². The number of rotatable bonds is 6. The van der Waals surface area contributed by atoms with E-state index in [0.29, 0.717) is 25.3 Å². The van der Waals surface area contributed by atoms with E-state index in [1.165, 1.54) is 18.5 Å². The number of nitrogens with zero attached hydrogens (tertiary/aromatic N) is 2. The molecule has 0 saturated carbocycles. The molecule has 0 aliphatic heterocycles. The first-order chi connectivity index (χ1) is 9.72. The molecule has 0 bridgehead atoms. The Kier molecular flexibility index (Phi) is 4.65. The minimum atomic E-state index is -0.447. The van der Waals surface area contributed by atoms with Crippen molar-refractivity contribution >= 4 is 11.6 Å². The maximum atomic E-state index is 13.7. The molecule has 0 unspecified atom stereocenters. The zero-order chi connectivity index (χ0) is 14.4. The summed E-state index contributed by atoms with van der Waals surface area (Å²) in [5, 5.41) is 9.19. The van der Waals surface area contributed by atoms with E-state index in [2.05, 4.69) is 25.3 Å². The van der Waals surface area contributed by atoms with Crippen LogP contribution in [0.25, 0.3) is 0 Å². The highest BCUT2D eigenvalue weighted by Gasteiger charge is 2.14. The monoisotopic (exact) mass is 278 g/mol. The van der Waals surface area contributed by atoms with Crippen LogP contribution in [0, 0.1) is 5.82 Å². The van der Waals surface area contributed by atoms with Crippen LogP contribution >= 0.6 is 0 Å². The lowest BCUT2D eigenvalue weighted by atomic mass is 10.1. The van der Waals surface area contributed by atoms with Gasteiger partial charge in [0.15, 0.2) is 5.82 Å². The first kappa shape index (κ1) is 14.0. The van der Waals surface area contributed by atoms with Crippen molar-refractivity contribution in [3.63, 3.8) is 0 Å². The van der Waals surface area contributed by atoms with E-state index in [1.54, 1.807) is 6.07 Å². The second-order valence-corrected chi connectivity index (χ2v) is 4.05. The Hall–Kier alpha value is -2.44. The summed E-state index contributed by atoms with van der Waals surface area (Å²) in [5.41, 5.74) is 0.493. The smallest absolute Gasteiger partial charge is 0.253 e. The molecule has 0 spiro atoms. The van der Waals surface area contributed by atoms with Crippen LogP contribution in [0.15, 0.2) is 29.1 Å². The van der Waals surface area contributed by atoms with E-state index >= 15 is 0 Å². The summed E-state index contributed by atoms with van der Waals surface area (Å²) in [7, 11) is 0. The molecule has 6 nitrogen and oxygen atoms in total. The minimum absolute atomic E-state index is 0.215. The SMILES string of the molecule is CCNc1c(F)cccc1C(=O)NCCc1ncon1. The summed E-state index contributed by atoms with van der Waals surface area (Å²) < 4.78 is 18.3. The number of aromatic nitrogens is 2. The molecule has 0 radical (unpaired) electrons. The Morgan fingerprint density at radius 2 is 2.30 bits per heavy atom. The molecule has 2 N–H and O–H groups in total. The highest BCUT2D eigenvalue weighted by atomic mass is 19.1. The quantitative estimate of drug-likeness (QED) is 0.839. The van der Waals surface area contributed by atoms with E-state index in [1.807, 2.05) is 6.92 Å². The Balaban J connectivity index is 1.99. The lowest BCUT2D eigenvalue weighted by Crippen LogP contribution is -2.27. The molecule has 1 aromatic heterocycles. The summed E-state index contributed by atoms with van der Waals surface area (Å²) in [6.45, 7) is 2.72. The van der Waals surface area contributed by atoms with E-state index in [9.17, 15) is 9.18 Å². The number of hydrogen-bond donors (Lipinski definition) is 2. The highest BCUT2D eigenvalue weighted by Crippen LogP contribution is 2.19. The fourth-order valence-corrected chi connectivity index (χ4v) is 1.76. The largest absolute Gasteiger partial charge is 0.382 e. The minimum Gasteiger partial charge on any atom is -0.382 e. The van der Waals surface area contributed by atoms with Crippen molar-refractivity contribution in [1.29, 1.82) is 0 Å². The second kappa shape index (κ2) is 6.65. The van der Waals surface area contributed by atoms with Crippen LogP contribution in [0.3, 0.4) is 0 Å². The van der Waals surface area contributed by atoms with Gasteiger partial charge in [-0.1, -0.05) is 11.2 Å². The van der Waals surface area contributed by atoms with Gasteiger partial charge in [-0.25, -0.2) is 4.39 Å². The third-order valence-corrected chi connectivity index (χ3v) is 2.65. The van der Waals surface area contributed by atoms with E-state index in [0.717, 1.165) is 0 Å². The summed E-state index contributed by atoms with van der Waals surface area (Å²) in [6, 6.07) is 4.39. The first-order valence-corrected chi connectivity index (χ1v) is 6.28. The molecule has 2 aromatic rings. The first-order valence-electron chi connectivity index (χ1n) is 6.28. The van der Waals surface area contributed by atoms with Crippen LogP contribution in [0.4, 0.5) is 10.1 Å². The lowest BCUT2D eigenvalue weighted by molar-refractivity contribution is 0.0954. The van der Waals surface area contributed by atoms with Gasteiger partial charge in [0.2, 0.25) is 6.39 Å². The molecule has 2 rings (SSSR count). The van der Waals surface area contributed by atoms with Gasteiger partial charge >= 0.3 is 0 Å². The van der Waals surface area contributed by atoms with Crippen LogP contribution in [-0.2, 0) is 6.42 Å². The molecule has 7 heteroatoms. The lowest BCUT2D eigenvalue weighted by Gasteiger charge is -2.11. The van der Waals surface area contributed by atoms with Gasteiger partial charge in [-0.2, -0.15) is 4.98 Å². The van der Waals surface area contributed by atoms with Gasteiger partial charge < -0.3 is 15.2 Å². The van der Waals surface area contributed by atoms with Crippen molar-refractivity contribution in [1.82, 2.24) is 15.5 Å². The maximum Gasteiger partial charge on any atom is 0.253 e. The number of anilines is 1. The molecule has 0 aliphatic carbocycles. The van der Waals surface area contributed by atoms with Gasteiger partial charge in [0.05, 0.1) is 11.3 Å². The molecule has 1 aromatic carbocycles. The molecular weight excluding hydrogens is 263 g/mol. The Labute approximate surface area is 115 Å². The highest BCUT2D eigenvalue weighted by molar-refractivity contribution is 5.99. The molecule has 0 atom stereocenters. The summed E-state index contributed by atoms with van der Waals surface area (Å²) in [4.78, 5) is 15.9. The molecule has 0 aliphatic rings. The van der Waals surface area contributed by atoms with Crippen LogP contribution in [-0.4, -0.2) is 29.1 Å². The zero-order valence-electron chi connectivity index (χ0n) is 11.0.